The van der Waals surface area contributed by atoms with E-state index in [0.717, 1.165) is 80.5 Å². The van der Waals surface area contributed by atoms with Gasteiger partial charge in [0.05, 0.1) is 28.9 Å². The fraction of sp³-hybridized carbons (Fsp3) is 0.386. The minimum absolute atomic E-state index is 0.0324. The number of carbonyl (C=O) groups excluding carboxylic acids is 1. The first-order valence-corrected chi connectivity index (χ1v) is 22.5. The van der Waals surface area contributed by atoms with Gasteiger partial charge in [0.1, 0.15) is 27.0 Å². The topological polar surface area (TPSA) is 142 Å². The number of halogens is 4. The molecule has 0 saturated carbocycles. The number of benzene rings is 3. The molecule has 322 valence electrons. The minimum atomic E-state index is -4.53. The van der Waals surface area contributed by atoms with Crippen molar-refractivity contribution in [2.24, 2.45) is 5.41 Å². The molecule has 3 N–H and O–H groups in total. The fourth-order valence-corrected chi connectivity index (χ4v) is 9.73. The highest BCUT2D eigenvalue weighted by atomic mass is 35.5. The van der Waals surface area contributed by atoms with Gasteiger partial charge in [0.2, 0.25) is 12.3 Å². The molecular formula is C44H47Cl2F2N7O5S. The Morgan fingerprint density at radius 3 is 2.49 bits per heavy atom. The average Bonchev–Trinajstić information content (AvgIpc) is 3.90. The number of aromatic nitrogens is 3. The maximum Gasteiger partial charge on any atom is 0.268 e. The van der Waals surface area contributed by atoms with E-state index in [0.29, 0.717) is 24.1 Å². The first-order valence-electron chi connectivity index (χ1n) is 20.2. The van der Waals surface area contributed by atoms with Crippen LogP contribution in [-0.4, -0.2) is 92.2 Å². The number of ether oxygens (including phenoxy) is 2. The smallest absolute Gasteiger partial charge is 0.268 e. The summed E-state index contributed by atoms with van der Waals surface area (Å²) in [5.74, 6) is -0.581. The second-order valence-electron chi connectivity index (χ2n) is 16.8. The van der Waals surface area contributed by atoms with Gasteiger partial charge in [-0.15, -0.1) is 0 Å². The number of pyridine rings is 1. The summed E-state index contributed by atoms with van der Waals surface area (Å²) in [6, 6.07) is 19.7. The molecule has 2 aromatic heterocycles. The SMILES string of the molecule is CC1(C)CCC(CN2CCN(c3ccc(C(=O)NS(=O)(=O)c4cnc(O[C@@]5(CC(F)F)CCNC5)c(Cl)c4)c(Oc4cccc5[nH]ncc45)c3)CC2)=C(c2ccc(Cl)cc2)C1. The van der Waals surface area contributed by atoms with Gasteiger partial charge in [0.15, 0.2) is 0 Å². The largest absolute Gasteiger partial charge is 0.468 e. The third kappa shape index (κ3) is 9.81. The molecule has 1 aliphatic carbocycles. The van der Waals surface area contributed by atoms with Crippen LogP contribution in [0.2, 0.25) is 10.0 Å². The zero-order chi connectivity index (χ0) is 42.9. The van der Waals surface area contributed by atoms with Crippen LogP contribution in [0.5, 0.6) is 17.4 Å². The Hall–Kier alpha value is -4.80. The summed E-state index contributed by atoms with van der Waals surface area (Å²) < 4.78 is 68.4. The second kappa shape index (κ2) is 17.5. The van der Waals surface area contributed by atoms with Crippen molar-refractivity contribution in [1.82, 2.24) is 30.1 Å². The molecule has 5 aromatic rings. The molecule has 2 fully saturated rings. The molecular weight excluding hydrogens is 847 g/mol. The Bertz CT molecular complexity index is 2560. The number of amides is 1. The minimum Gasteiger partial charge on any atom is -0.468 e. The molecule has 2 saturated heterocycles. The van der Waals surface area contributed by atoms with Crippen LogP contribution >= 0.6 is 23.2 Å². The summed E-state index contributed by atoms with van der Waals surface area (Å²) in [6.07, 6.45) is 2.88. The lowest BCUT2D eigenvalue weighted by atomic mass is 9.72. The number of piperazine rings is 1. The maximum atomic E-state index is 13.9. The summed E-state index contributed by atoms with van der Waals surface area (Å²) in [6.45, 7) is 9.24. The van der Waals surface area contributed by atoms with E-state index in [-0.39, 0.29) is 34.2 Å². The molecule has 3 aliphatic rings. The molecule has 8 rings (SSSR count). The van der Waals surface area contributed by atoms with Gasteiger partial charge >= 0.3 is 0 Å². The molecule has 0 unspecified atom stereocenters. The Balaban J connectivity index is 1.01. The number of hydrogen-bond acceptors (Lipinski definition) is 10. The molecule has 1 amide bonds. The summed E-state index contributed by atoms with van der Waals surface area (Å²) in [5.41, 5.74) is 4.56. The Kier molecular flexibility index (Phi) is 12.3. The number of nitrogens with zero attached hydrogens (tertiary/aromatic N) is 4. The normalized spacial score (nSPS) is 19.8. The average molecular weight is 895 g/mol. The van der Waals surface area contributed by atoms with Crippen molar-refractivity contribution < 1.29 is 31.5 Å². The van der Waals surface area contributed by atoms with E-state index in [9.17, 15) is 22.0 Å². The third-order valence-corrected chi connectivity index (χ3v) is 13.6. The van der Waals surface area contributed by atoms with Gasteiger partial charge in [-0.25, -0.2) is 26.9 Å². The lowest BCUT2D eigenvalue weighted by molar-refractivity contribution is 0.00847. The van der Waals surface area contributed by atoms with Crippen molar-refractivity contribution in [2.45, 2.75) is 62.9 Å². The van der Waals surface area contributed by atoms with Gasteiger partial charge in [0, 0.05) is 68.9 Å². The van der Waals surface area contributed by atoms with Crippen molar-refractivity contribution in [3.63, 3.8) is 0 Å². The predicted molar refractivity (Wildman–Crippen MR) is 233 cm³/mol. The first-order chi connectivity index (χ1) is 29.2. The zero-order valence-electron chi connectivity index (χ0n) is 33.8. The van der Waals surface area contributed by atoms with E-state index in [2.05, 4.69) is 61.0 Å². The van der Waals surface area contributed by atoms with Crippen molar-refractivity contribution in [3.05, 3.63) is 106 Å². The van der Waals surface area contributed by atoms with Gasteiger partial charge < -0.3 is 19.7 Å². The van der Waals surface area contributed by atoms with Crippen LogP contribution in [0.15, 0.2) is 89.6 Å². The lowest BCUT2D eigenvalue weighted by Gasteiger charge is -2.39. The highest BCUT2D eigenvalue weighted by molar-refractivity contribution is 7.90. The number of alkyl halides is 2. The van der Waals surface area contributed by atoms with E-state index in [4.69, 9.17) is 32.7 Å². The number of nitrogens with one attached hydrogen (secondary N) is 3. The van der Waals surface area contributed by atoms with Crippen LogP contribution in [0, 0.1) is 5.41 Å². The number of sulfonamides is 1. The van der Waals surface area contributed by atoms with Gasteiger partial charge in [-0.1, -0.05) is 60.8 Å². The zero-order valence-corrected chi connectivity index (χ0v) is 36.1. The molecule has 3 aromatic carbocycles. The van der Waals surface area contributed by atoms with Gasteiger partial charge in [-0.3, -0.25) is 14.8 Å². The molecule has 0 spiro atoms. The van der Waals surface area contributed by atoms with Crippen LogP contribution in [0.4, 0.5) is 14.5 Å². The van der Waals surface area contributed by atoms with Gasteiger partial charge in [-0.2, -0.15) is 5.10 Å². The van der Waals surface area contributed by atoms with Crippen LogP contribution in [0.25, 0.3) is 16.5 Å². The Morgan fingerprint density at radius 2 is 1.77 bits per heavy atom. The highest BCUT2D eigenvalue weighted by Crippen LogP contribution is 2.44. The Morgan fingerprint density at radius 1 is 0.984 bits per heavy atom. The number of fused-ring (bicyclic) bond motifs is 1. The third-order valence-electron chi connectivity index (χ3n) is 11.8. The number of aromatic amines is 1. The monoisotopic (exact) mass is 893 g/mol. The summed E-state index contributed by atoms with van der Waals surface area (Å²) in [7, 11) is -4.53. The number of rotatable bonds is 13. The van der Waals surface area contributed by atoms with Crippen molar-refractivity contribution >= 4 is 61.3 Å². The van der Waals surface area contributed by atoms with E-state index in [1.54, 1.807) is 36.5 Å². The molecule has 0 bridgehead atoms. The molecule has 1 atom stereocenters. The molecule has 2 aliphatic heterocycles. The van der Waals surface area contributed by atoms with Crippen molar-refractivity contribution in [2.75, 3.05) is 50.7 Å². The number of anilines is 1. The lowest BCUT2D eigenvalue weighted by Crippen LogP contribution is -2.47. The van der Waals surface area contributed by atoms with Crippen LogP contribution in [0.1, 0.15) is 61.9 Å². The molecule has 12 nitrogen and oxygen atoms in total. The van der Waals surface area contributed by atoms with Crippen LogP contribution in [0.3, 0.4) is 0 Å². The summed E-state index contributed by atoms with van der Waals surface area (Å²) >= 11 is 12.6. The molecule has 4 heterocycles. The van der Waals surface area contributed by atoms with Crippen molar-refractivity contribution in [1.29, 1.82) is 0 Å². The maximum absolute atomic E-state index is 13.9. The predicted octanol–water partition coefficient (Wildman–Crippen LogP) is 8.73. The van der Waals surface area contributed by atoms with Crippen LogP contribution in [-0.2, 0) is 10.0 Å². The van der Waals surface area contributed by atoms with Crippen molar-refractivity contribution in [3.8, 4) is 17.4 Å². The standard InChI is InChI=1S/C44H47Cl2F2N7O5S/c1-43(2)13-12-29(34(22-43)28-6-8-30(45)9-7-28)26-54-16-18-55(19-17-54)31-10-11-33(39(20-31)59-38-5-3-4-37-35(38)25-51-52-37)41(56)53-61(57,58)32-21-36(46)42(50-24-32)60-44(23-40(47)48)14-15-49-27-44/h3-11,20-21,24-25,40,49H,12-19,22-23,26-27H2,1-2H3,(H,51,52)(H,53,56)/t44-/m1/s1. The molecule has 0 radical (unpaired) electrons. The van der Waals surface area contributed by atoms with Crippen LogP contribution < -0.4 is 24.4 Å². The summed E-state index contributed by atoms with van der Waals surface area (Å²) in [5, 5.41) is 11.2. The van der Waals surface area contributed by atoms with Gasteiger partial charge in [0.25, 0.3) is 15.9 Å². The number of H-pyrrole nitrogens is 1. The van der Waals surface area contributed by atoms with E-state index in [1.165, 1.54) is 16.7 Å². The molecule has 61 heavy (non-hydrogen) atoms. The molecule has 17 heteroatoms. The number of hydrogen-bond donors (Lipinski definition) is 3. The quantitative estimate of drug-likeness (QED) is 0.105. The highest BCUT2D eigenvalue weighted by Gasteiger charge is 2.40. The van der Waals surface area contributed by atoms with E-state index in [1.807, 2.05) is 18.2 Å². The number of allylic oxidation sites excluding steroid dienone is 1. The van der Waals surface area contributed by atoms with Gasteiger partial charge in [-0.05, 0) is 84.8 Å². The van der Waals surface area contributed by atoms with E-state index >= 15 is 0 Å². The number of carbonyl (C=O) groups is 1. The first kappa shape index (κ1) is 42.9. The second-order valence-corrected chi connectivity index (χ2v) is 19.3. The van der Waals surface area contributed by atoms with E-state index < -0.39 is 39.3 Å². The Labute approximate surface area is 363 Å². The summed E-state index contributed by atoms with van der Waals surface area (Å²) in [4.78, 5) is 22.3. The fourth-order valence-electron chi connectivity index (χ4n) is 8.40.